The number of pyridine rings is 1. The molecule has 2 fully saturated rings. The van der Waals surface area contributed by atoms with Crippen molar-refractivity contribution >= 4 is 0 Å². The maximum absolute atomic E-state index is 4.07. The van der Waals surface area contributed by atoms with Crippen LogP contribution in [-0.4, -0.2) is 35.1 Å². The van der Waals surface area contributed by atoms with Gasteiger partial charge >= 0.3 is 0 Å². The Morgan fingerprint density at radius 1 is 1.29 bits per heavy atom. The molecule has 1 aromatic rings. The predicted molar refractivity (Wildman–Crippen MR) is 68.8 cm³/mol. The van der Waals surface area contributed by atoms with Gasteiger partial charge in [-0.05, 0) is 43.9 Å². The van der Waals surface area contributed by atoms with Gasteiger partial charge in [0.2, 0.25) is 0 Å². The molecular weight excluding hydrogens is 210 g/mol. The first-order valence-corrected chi connectivity index (χ1v) is 6.73. The second kappa shape index (κ2) is 4.75. The Bertz CT molecular complexity index is 361. The van der Waals surface area contributed by atoms with Crippen LogP contribution in [0.1, 0.15) is 37.8 Å². The molecule has 1 N–H and O–H groups in total. The summed E-state index contributed by atoms with van der Waals surface area (Å²) in [5, 5.41) is 3.74. The Morgan fingerprint density at radius 3 is 2.76 bits per heavy atom. The zero-order valence-electron chi connectivity index (χ0n) is 10.5. The number of rotatable bonds is 4. The van der Waals surface area contributed by atoms with Gasteiger partial charge in [-0.3, -0.25) is 9.88 Å². The van der Waals surface area contributed by atoms with Crippen molar-refractivity contribution in [2.24, 2.45) is 0 Å². The van der Waals surface area contributed by atoms with Crippen LogP contribution in [0.4, 0.5) is 0 Å². The molecule has 2 aliphatic rings. The minimum atomic E-state index is 0.433. The third kappa shape index (κ3) is 2.67. The number of nitrogens with one attached hydrogen (secondary N) is 1. The van der Waals surface area contributed by atoms with Gasteiger partial charge in [0.15, 0.2) is 0 Å². The molecule has 2 atom stereocenters. The van der Waals surface area contributed by atoms with E-state index in [1.165, 1.54) is 37.9 Å². The van der Waals surface area contributed by atoms with Gasteiger partial charge in [-0.1, -0.05) is 0 Å². The topological polar surface area (TPSA) is 28.2 Å². The third-order valence-electron chi connectivity index (χ3n) is 3.97. The van der Waals surface area contributed by atoms with Crippen molar-refractivity contribution in [3.63, 3.8) is 0 Å². The van der Waals surface area contributed by atoms with Crippen LogP contribution in [0.3, 0.4) is 0 Å². The van der Waals surface area contributed by atoms with Crippen LogP contribution in [0.5, 0.6) is 0 Å². The molecule has 0 bridgehead atoms. The molecule has 0 aromatic carbocycles. The van der Waals surface area contributed by atoms with E-state index in [9.17, 15) is 0 Å². The van der Waals surface area contributed by atoms with Gasteiger partial charge in [-0.25, -0.2) is 0 Å². The molecule has 2 unspecified atom stereocenters. The van der Waals surface area contributed by atoms with E-state index in [0.29, 0.717) is 12.1 Å². The van der Waals surface area contributed by atoms with Crippen molar-refractivity contribution in [2.75, 3.05) is 13.1 Å². The summed E-state index contributed by atoms with van der Waals surface area (Å²) in [6, 6.07) is 6.22. The average molecular weight is 231 g/mol. The molecule has 1 aromatic heterocycles. The summed E-state index contributed by atoms with van der Waals surface area (Å²) in [7, 11) is 0. The molecule has 0 radical (unpaired) electrons. The zero-order valence-corrected chi connectivity index (χ0v) is 10.5. The fraction of sp³-hybridized carbons (Fsp3) is 0.643. The molecule has 1 saturated heterocycles. The summed E-state index contributed by atoms with van der Waals surface area (Å²) < 4.78 is 0. The van der Waals surface area contributed by atoms with E-state index in [0.717, 1.165) is 6.04 Å². The molecule has 0 amide bonds. The Labute approximate surface area is 103 Å². The molecule has 3 heteroatoms. The maximum Gasteiger partial charge on any atom is 0.0296 e. The highest BCUT2D eigenvalue weighted by molar-refractivity contribution is 5.14. The highest BCUT2D eigenvalue weighted by Crippen LogP contribution is 2.30. The van der Waals surface area contributed by atoms with E-state index in [1.54, 1.807) is 0 Å². The summed E-state index contributed by atoms with van der Waals surface area (Å²) in [6.07, 6.45) is 7.89. The summed E-state index contributed by atoms with van der Waals surface area (Å²) in [5.41, 5.74) is 1.34. The van der Waals surface area contributed by atoms with Crippen LogP contribution in [0.15, 0.2) is 24.5 Å². The van der Waals surface area contributed by atoms with Crippen LogP contribution in [0.25, 0.3) is 0 Å². The second-order valence-corrected chi connectivity index (χ2v) is 5.38. The fourth-order valence-electron chi connectivity index (χ4n) is 2.80. The van der Waals surface area contributed by atoms with Crippen molar-refractivity contribution in [3.8, 4) is 0 Å². The van der Waals surface area contributed by atoms with Crippen molar-refractivity contribution in [3.05, 3.63) is 30.1 Å². The molecular formula is C14H21N3. The summed E-state index contributed by atoms with van der Waals surface area (Å²) in [4.78, 5) is 6.72. The largest absolute Gasteiger partial charge is 0.306 e. The number of aromatic nitrogens is 1. The van der Waals surface area contributed by atoms with Gasteiger partial charge in [0, 0.05) is 43.6 Å². The Morgan fingerprint density at radius 2 is 2.06 bits per heavy atom. The number of likely N-dealkylation sites (tertiary alicyclic amines) is 1. The highest BCUT2D eigenvalue weighted by atomic mass is 15.2. The quantitative estimate of drug-likeness (QED) is 0.858. The van der Waals surface area contributed by atoms with Gasteiger partial charge in [0.1, 0.15) is 0 Å². The third-order valence-corrected chi connectivity index (χ3v) is 3.97. The Hall–Kier alpha value is -0.930. The van der Waals surface area contributed by atoms with Gasteiger partial charge in [-0.2, -0.15) is 0 Å². The van der Waals surface area contributed by atoms with Crippen LogP contribution in [-0.2, 0) is 0 Å². The van der Waals surface area contributed by atoms with E-state index >= 15 is 0 Å². The smallest absolute Gasteiger partial charge is 0.0296 e. The lowest BCUT2D eigenvalue weighted by molar-refractivity contribution is 0.313. The van der Waals surface area contributed by atoms with E-state index < -0.39 is 0 Å². The molecule has 92 valence electrons. The standard InChI is InChI=1S/C14H21N3/c1-11(12-4-7-15-8-5-12)16-13-6-9-17(10-13)14-2-3-14/h4-5,7-8,11,13-14,16H,2-3,6,9-10H2,1H3. The molecule has 3 rings (SSSR count). The summed E-state index contributed by atoms with van der Waals surface area (Å²) in [6.45, 7) is 4.76. The lowest BCUT2D eigenvalue weighted by Crippen LogP contribution is -2.34. The Balaban J connectivity index is 1.53. The predicted octanol–water partition coefficient (Wildman–Crippen LogP) is 1.97. The van der Waals surface area contributed by atoms with Crippen LogP contribution in [0.2, 0.25) is 0 Å². The van der Waals surface area contributed by atoms with Crippen molar-refractivity contribution in [2.45, 2.75) is 44.3 Å². The minimum absolute atomic E-state index is 0.433. The fourth-order valence-corrected chi connectivity index (χ4v) is 2.80. The first-order valence-electron chi connectivity index (χ1n) is 6.73. The maximum atomic E-state index is 4.07. The zero-order chi connectivity index (χ0) is 11.7. The second-order valence-electron chi connectivity index (χ2n) is 5.38. The SMILES string of the molecule is CC(NC1CCN(C2CC2)C1)c1ccncc1. The van der Waals surface area contributed by atoms with Gasteiger partial charge in [-0.15, -0.1) is 0 Å². The molecule has 1 aliphatic carbocycles. The molecule has 3 nitrogen and oxygen atoms in total. The molecule has 17 heavy (non-hydrogen) atoms. The minimum Gasteiger partial charge on any atom is -0.306 e. The van der Waals surface area contributed by atoms with Crippen LogP contribution in [0, 0.1) is 0 Å². The van der Waals surface area contributed by atoms with E-state index in [1.807, 2.05) is 12.4 Å². The molecule has 1 aliphatic heterocycles. The van der Waals surface area contributed by atoms with E-state index in [-0.39, 0.29) is 0 Å². The normalized spacial score (nSPS) is 27.2. The van der Waals surface area contributed by atoms with Gasteiger partial charge in [0.25, 0.3) is 0 Å². The summed E-state index contributed by atoms with van der Waals surface area (Å²) >= 11 is 0. The molecule has 1 saturated carbocycles. The van der Waals surface area contributed by atoms with Crippen molar-refractivity contribution in [1.82, 2.24) is 15.2 Å². The highest BCUT2D eigenvalue weighted by Gasteiger charge is 2.34. The van der Waals surface area contributed by atoms with Crippen LogP contribution < -0.4 is 5.32 Å². The number of hydrogen-bond donors (Lipinski definition) is 1. The van der Waals surface area contributed by atoms with E-state index in [2.05, 4.69) is 34.3 Å². The van der Waals surface area contributed by atoms with Gasteiger partial charge < -0.3 is 5.32 Å². The number of hydrogen-bond acceptors (Lipinski definition) is 3. The molecule has 0 spiro atoms. The molecule has 2 heterocycles. The lowest BCUT2D eigenvalue weighted by atomic mass is 10.1. The van der Waals surface area contributed by atoms with E-state index in [4.69, 9.17) is 0 Å². The van der Waals surface area contributed by atoms with Crippen molar-refractivity contribution in [1.29, 1.82) is 0 Å². The van der Waals surface area contributed by atoms with Crippen molar-refractivity contribution < 1.29 is 0 Å². The summed E-state index contributed by atoms with van der Waals surface area (Å²) in [5.74, 6) is 0. The average Bonchev–Trinajstić information content (AvgIpc) is 3.12. The Kier molecular flexibility index (Phi) is 3.12. The van der Waals surface area contributed by atoms with Gasteiger partial charge in [0.05, 0.1) is 0 Å². The van der Waals surface area contributed by atoms with Crippen LogP contribution >= 0.6 is 0 Å². The first-order chi connectivity index (χ1) is 8.33. The number of nitrogens with zero attached hydrogens (tertiary/aromatic N) is 2. The lowest BCUT2D eigenvalue weighted by Gasteiger charge is -2.20. The first kappa shape index (κ1) is 11.2. The monoisotopic (exact) mass is 231 g/mol.